The average molecular weight is 285 g/mol. The first-order valence-electron chi connectivity index (χ1n) is 5.90. The molecule has 0 heterocycles. The van der Waals surface area contributed by atoms with Crippen LogP contribution in [0.4, 0.5) is 4.79 Å². The van der Waals surface area contributed by atoms with Gasteiger partial charge in [0.1, 0.15) is 0 Å². The van der Waals surface area contributed by atoms with Crippen LogP contribution >= 0.6 is 0 Å². The molecule has 0 saturated heterocycles. The van der Waals surface area contributed by atoms with E-state index in [9.17, 15) is 13.2 Å². The fourth-order valence-electron chi connectivity index (χ4n) is 1.47. The Morgan fingerprint density at radius 3 is 2.32 bits per heavy atom. The van der Waals surface area contributed by atoms with Crippen molar-refractivity contribution in [3.8, 4) is 0 Å². The lowest BCUT2D eigenvalue weighted by molar-refractivity contribution is 0.207. The SMILES string of the molecule is CCN(C)C(=O)NC(C)c1ccc(S(N)(=O)=O)cc1. The van der Waals surface area contributed by atoms with E-state index < -0.39 is 10.0 Å². The third kappa shape index (κ3) is 4.22. The van der Waals surface area contributed by atoms with E-state index in [1.807, 2.05) is 13.8 Å². The molecule has 0 aliphatic rings. The molecule has 19 heavy (non-hydrogen) atoms. The predicted octanol–water partition coefficient (Wildman–Crippen LogP) is 1.06. The smallest absolute Gasteiger partial charge is 0.317 e. The van der Waals surface area contributed by atoms with Gasteiger partial charge in [-0.1, -0.05) is 12.1 Å². The van der Waals surface area contributed by atoms with Gasteiger partial charge in [0.2, 0.25) is 10.0 Å². The van der Waals surface area contributed by atoms with E-state index in [2.05, 4.69) is 5.32 Å². The number of sulfonamides is 1. The van der Waals surface area contributed by atoms with Crippen molar-refractivity contribution in [3.63, 3.8) is 0 Å². The number of urea groups is 1. The van der Waals surface area contributed by atoms with Crippen molar-refractivity contribution in [1.29, 1.82) is 0 Å². The fraction of sp³-hybridized carbons (Fsp3) is 0.417. The first kappa shape index (κ1) is 15.5. The topological polar surface area (TPSA) is 92.5 Å². The molecular weight excluding hydrogens is 266 g/mol. The van der Waals surface area contributed by atoms with Gasteiger partial charge in [-0.15, -0.1) is 0 Å². The summed E-state index contributed by atoms with van der Waals surface area (Å²) in [7, 11) is -1.98. The molecule has 1 atom stereocenters. The Kier molecular flexibility index (Phi) is 4.90. The second-order valence-corrected chi connectivity index (χ2v) is 5.86. The second kappa shape index (κ2) is 6.03. The van der Waals surface area contributed by atoms with Gasteiger partial charge >= 0.3 is 6.03 Å². The van der Waals surface area contributed by atoms with Crippen LogP contribution in [-0.4, -0.2) is 32.9 Å². The summed E-state index contributed by atoms with van der Waals surface area (Å²) in [6, 6.07) is 5.74. The number of hydrogen-bond acceptors (Lipinski definition) is 3. The summed E-state index contributed by atoms with van der Waals surface area (Å²) in [6.07, 6.45) is 0. The Bertz CT molecular complexity index is 540. The van der Waals surface area contributed by atoms with Gasteiger partial charge in [0.15, 0.2) is 0 Å². The van der Waals surface area contributed by atoms with Crippen molar-refractivity contribution >= 4 is 16.1 Å². The van der Waals surface area contributed by atoms with Crippen LogP contribution in [0.15, 0.2) is 29.2 Å². The number of rotatable bonds is 4. The standard InChI is InChI=1S/C12H19N3O3S/c1-4-15(3)12(16)14-9(2)10-5-7-11(8-6-10)19(13,17)18/h5-9H,4H2,1-3H3,(H,14,16)(H2,13,17,18). The highest BCUT2D eigenvalue weighted by Gasteiger charge is 2.13. The number of nitrogens with two attached hydrogens (primary N) is 1. The highest BCUT2D eigenvalue weighted by molar-refractivity contribution is 7.89. The number of amides is 2. The molecule has 0 aromatic heterocycles. The Morgan fingerprint density at radius 1 is 1.37 bits per heavy atom. The highest BCUT2D eigenvalue weighted by Crippen LogP contribution is 2.15. The van der Waals surface area contributed by atoms with Gasteiger partial charge in [0, 0.05) is 13.6 Å². The summed E-state index contributed by atoms with van der Waals surface area (Å²) in [5.74, 6) is 0. The number of primary sulfonamides is 1. The van der Waals surface area contributed by atoms with Crippen molar-refractivity contribution < 1.29 is 13.2 Å². The van der Waals surface area contributed by atoms with Crippen LogP contribution < -0.4 is 10.5 Å². The Labute approximate surface area is 113 Å². The largest absolute Gasteiger partial charge is 0.331 e. The van der Waals surface area contributed by atoms with Crippen LogP contribution in [0.5, 0.6) is 0 Å². The van der Waals surface area contributed by atoms with Crippen LogP contribution in [0.1, 0.15) is 25.5 Å². The number of nitrogens with one attached hydrogen (secondary N) is 1. The molecule has 0 fully saturated rings. The lowest BCUT2D eigenvalue weighted by Gasteiger charge is -2.20. The van der Waals surface area contributed by atoms with E-state index in [1.54, 1.807) is 24.1 Å². The lowest BCUT2D eigenvalue weighted by atomic mass is 10.1. The summed E-state index contributed by atoms with van der Waals surface area (Å²) in [6.45, 7) is 4.32. The van der Waals surface area contributed by atoms with Gasteiger partial charge in [0.25, 0.3) is 0 Å². The lowest BCUT2D eigenvalue weighted by Crippen LogP contribution is -2.38. The van der Waals surface area contributed by atoms with Crippen molar-refractivity contribution in [1.82, 2.24) is 10.2 Å². The maximum absolute atomic E-state index is 11.7. The van der Waals surface area contributed by atoms with Crippen molar-refractivity contribution in [2.24, 2.45) is 5.14 Å². The molecule has 0 radical (unpaired) electrons. The predicted molar refractivity (Wildman–Crippen MR) is 73.1 cm³/mol. The number of benzene rings is 1. The zero-order chi connectivity index (χ0) is 14.6. The molecule has 3 N–H and O–H groups in total. The summed E-state index contributed by atoms with van der Waals surface area (Å²) in [5, 5.41) is 7.83. The van der Waals surface area contributed by atoms with E-state index in [1.165, 1.54) is 12.1 Å². The molecule has 1 aromatic rings. The minimum Gasteiger partial charge on any atom is -0.331 e. The zero-order valence-electron chi connectivity index (χ0n) is 11.3. The Hall–Kier alpha value is -1.60. The molecule has 6 nitrogen and oxygen atoms in total. The van der Waals surface area contributed by atoms with Crippen molar-refractivity contribution in [2.75, 3.05) is 13.6 Å². The van der Waals surface area contributed by atoms with E-state index in [-0.39, 0.29) is 17.0 Å². The van der Waals surface area contributed by atoms with Crippen LogP contribution in [-0.2, 0) is 10.0 Å². The normalized spacial score (nSPS) is 12.8. The van der Waals surface area contributed by atoms with Crippen LogP contribution in [0.2, 0.25) is 0 Å². The molecule has 106 valence electrons. The van der Waals surface area contributed by atoms with Crippen LogP contribution in [0.3, 0.4) is 0 Å². The fourth-order valence-corrected chi connectivity index (χ4v) is 1.98. The van der Waals surface area contributed by atoms with Gasteiger partial charge in [-0.2, -0.15) is 0 Å². The molecule has 0 aliphatic carbocycles. The molecule has 2 amide bonds. The number of carbonyl (C=O) groups excluding carboxylic acids is 1. The van der Waals surface area contributed by atoms with Crippen LogP contribution in [0.25, 0.3) is 0 Å². The van der Waals surface area contributed by atoms with Crippen LogP contribution in [0, 0.1) is 0 Å². The first-order chi connectivity index (χ1) is 8.75. The molecular formula is C12H19N3O3S. The number of carbonyl (C=O) groups is 1. The minimum atomic E-state index is -3.68. The van der Waals surface area contributed by atoms with Gasteiger partial charge < -0.3 is 10.2 Å². The number of hydrogen-bond donors (Lipinski definition) is 2. The molecule has 1 unspecified atom stereocenters. The molecule has 1 rings (SSSR count). The molecule has 0 saturated carbocycles. The third-order valence-corrected chi connectivity index (χ3v) is 3.80. The van der Waals surface area contributed by atoms with E-state index in [0.717, 1.165) is 5.56 Å². The molecule has 0 aliphatic heterocycles. The van der Waals surface area contributed by atoms with Gasteiger partial charge in [-0.05, 0) is 31.5 Å². The summed E-state index contributed by atoms with van der Waals surface area (Å²) in [4.78, 5) is 13.3. The molecule has 1 aromatic carbocycles. The molecule has 0 bridgehead atoms. The first-order valence-corrected chi connectivity index (χ1v) is 7.44. The quantitative estimate of drug-likeness (QED) is 0.866. The second-order valence-electron chi connectivity index (χ2n) is 4.30. The maximum Gasteiger partial charge on any atom is 0.317 e. The summed E-state index contributed by atoms with van der Waals surface area (Å²) >= 11 is 0. The molecule has 7 heteroatoms. The third-order valence-electron chi connectivity index (χ3n) is 2.87. The highest BCUT2D eigenvalue weighted by atomic mass is 32.2. The van der Waals surface area contributed by atoms with Crippen molar-refractivity contribution in [2.45, 2.75) is 24.8 Å². The van der Waals surface area contributed by atoms with Gasteiger partial charge in [-0.3, -0.25) is 0 Å². The minimum absolute atomic E-state index is 0.0560. The van der Waals surface area contributed by atoms with E-state index in [4.69, 9.17) is 5.14 Å². The summed E-state index contributed by atoms with van der Waals surface area (Å²) < 4.78 is 22.2. The van der Waals surface area contributed by atoms with E-state index >= 15 is 0 Å². The monoisotopic (exact) mass is 285 g/mol. The van der Waals surface area contributed by atoms with Crippen molar-refractivity contribution in [3.05, 3.63) is 29.8 Å². The Balaban J connectivity index is 2.79. The number of nitrogens with zero attached hydrogens (tertiary/aromatic N) is 1. The average Bonchev–Trinajstić information content (AvgIpc) is 2.36. The van der Waals surface area contributed by atoms with Gasteiger partial charge in [-0.25, -0.2) is 18.4 Å². The summed E-state index contributed by atoms with van der Waals surface area (Å²) in [5.41, 5.74) is 0.810. The zero-order valence-corrected chi connectivity index (χ0v) is 12.1. The molecule has 0 spiro atoms. The van der Waals surface area contributed by atoms with E-state index in [0.29, 0.717) is 6.54 Å². The Morgan fingerprint density at radius 2 is 1.89 bits per heavy atom. The van der Waals surface area contributed by atoms with Gasteiger partial charge in [0.05, 0.1) is 10.9 Å². The maximum atomic E-state index is 11.7.